The molecule has 0 atom stereocenters. The van der Waals surface area contributed by atoms with Crippen LogP contribution in [0.3, 0.4) is 0 Å². The molecule has 0 saturated heterocycles. The number of allylic oxidation sites excluding steroid dienone is 6. The third kappa shape index (κ3) is 4.86. The molecule has 4 heteroatoms. The summed E-state index contributed by atoms with van der Waals surface area (Å²) < 4.78 is 0. The van der Waals surface area contributed by atoms with E-state index in [1.54, 1.807) is 0 Å². The second kappa shape index (κ2) is 8.91. The van der Waals surface area contributed by atoms with Crippen LogP contribution < -0.4 is 0 Å². The summed E-state index contributed by atoms with van der Waals surface area (Å²) in [5.74, 6) is 0. The van der Waals surface area contributed by atoms with E-state index in [1.165, 1.54) is 5.56 Å². The Morgan fingerprint density at radius 3 is 2.67 bits per heavy atom. The highest BCUT2D eigenvalue weighted by Crippen LogP contribution is 2.28. The standard InChI is InChI=1S/C20H22Cl2N2/c1-4-5-11-18(21)12-13-19-15(2)24(16(3)20(22)23-19)14-17-9-7-6-8-10-17/h6-13H,3-5,14H2,1-2H3/b13-12-,18-11-. The summed E-state index contributed by atoms with van der Waals surface area (Å²) in [5.41, 5.74) is 3.70. The van der Waals surface area contributed by atoms with Crippen molar-refractivity contribution in [1.82, 2.24) is 4.90 Å². The van der Waals surface area contributed by atoms with E-state index < -0.39 is 0 Å². The molecule has 0 aromatic heterocycles. The lowest BCUT2D eigenvalue weighted by atomic mass is 10.1. The van der Waals surface area contributed by atoms with Crippen molar-refractivity contribution in [2.45, 2.75) is 33.2 Å². The summed E-state index contributed by atoms with van der Waals surface area (Å²) in [6, 6.07) is 10.2. The Balaban J connectivity index is 2.25. The van der Waals surface area contributed by atoms with Crippen LogP contribution in [-0.4, -0.2) is 10.1 Å². The van der Waals surface area contributed by atoms with E-state index in [2.05, 4.69) is 35.5 Å². The third-order valence-electron chi connectivity index (χ3n) is 3.77. The topological polar surface area (TPSA) is 15.6 Å². The molecule has 0 fully saturated rings. The minimum atomic E-state index is 0.407. The second-order valence-corrected chi connectivity index (χ2v) is 6.40. The molecule has 0 unspecified atom stereocenters. The fourth-order valence-electron chi connectivity index (χ4n) is 2.35. The first-order chi connectivity index (χ1) is 11.5. The molecule has 1 aliphatic heterocycles. The minimum absolute atomic E-state index is 0.407. The predicted molar refractivity (Wildman–Crippen MR) is 105 cm³/mol. The van der Waals surface area contributed by atoms with Gasteiger partial charge in [-0.15, -0.1) is 0 Å². The molecule has 1 aromatic rings. The maximum Gasteiger partial charge on any atom is 0.152 e. The summed E-state index contributed by atoms with van der Waals surface area (Å²) in [7, 11) is 0. The Morgan fingerprint density at radius 2 is 2.00 bits per heavy atom. The van der Waals surface area contributed by atoms with Gasteiger partial charge in [0.2, 0.25) is 0 Å². The number of unbranched alkanes of at least 4 members (excludes halogenated alkanes) is 1. The van der Waals surface area contributed by atoms with E-state index in [-0.39, 0.29) is 0 Å². The zero-order valence-corrected chi connectivity index (χ0v) is 15.6. The molecule has 1 aliphatic rings. The molecule has 0 bridgehead atoms. The van der Waals surface area contributed by atoms with Crippen molar-refractivity contribution in [2.75, 3.05) is 0 Å². The van der Waals surface area contributed by atoms with E-state index in [0.29, 0.717) is 22.4 Å². The van der Waals surface area contributed by atoms with Gasteiger partial charge in [-0.3, -0.25) is 0 Å². The van der Waals surface area contributed by atoms with Gasteiger partial charge in [0, 0.05) is 17.3 Å². The minimum Gasteiger partial charge on any atom is -0.337 e. The Labute approximate surface area is 154 Å². The van der Waals surface area contributed by atoms with E-state index in [4.69, 9.17) is 23.2 Å². The average molecular weight is 361 g/mol. The van der Waals surface area contributed by atoms with Crippen LogP contribution in [0.1, 0.15) is 32.3 Å². The van der Waals surface area contributed by atoms with Crippen LogP contribution in [-0.2, 0) is 6.54 Å². The molecule has 0 amide bonds. The van der Waals surface area contributed by atoms with Gasteiger partial charge in [-0.25, -0.2) is 4.99 Å². The Kier molecular flexibility index (Phi) is 6.89. The number of nitrogens with zero attached hydrogens (tertiary/aromatic N) is 2. The number of halogens is 2. The molecule has 0 spiro atoms. The number of rotatable bonds is 6. The molecule has 126 valence electrons. The summed E-state index contributed by atoms with van der Waals surface area (Å²) in [6.45, 7) is 8.90. The smallest absolute Gasteiger partial charge is 0.152 e. The van der Waals surface area contributed by atoms with E-state index in [9.17, 15) is 0 Å². The van der Waals surface area contributed by atoms with Crippen LogP contribution in [0.25, 0.3) is 0 Å². The SMILES string of the molecule is C=C1C(Cl)=NC(/C=C\C(Cl)=C\CCC)=C(C)N1Cc1ccccc1. The van der Waals surface area contributed by atoms with Gasteiger partial charge in [-0.1, -0.05) is 79.5 Å². The van der Waals surface area contributed by atoms with Crippen molar-refractivity contribution in [2.24, 2.45) is 4.99 Å². The number of hydrogen-bond donors (Lipinski definition) is 0. The average Bonchev–Trinajstić information content (AvgIpc) is 2.59. The van der Waals surface area contributed by atoms with Crippen LogP contribution in [0.4, 0.5) is 0 Å². The first-order valence-corrected chi connectivity index (χ1v) is 8.78. The lowest BCUT2D eigenvalue weighted by molar-refractivity contribution is 0.435. The normalized spacial score (nSPS) is 16.2. The van der Waals surface area contributed by atoms with Gasteiger partial charge in [0.05, 0.1) is 11.4 Å². The van der Waals surface area contributed by atoms with E-state index >= 15 is 0 Å². The van der Waals surface area contributed by atoms with Crippen LogP contribution >= 0.6 is 23.2 Å². The molecule has 0 aliphatic carbocycles. The van der Waals surface area contributed by atoms with Crippen molar-refractivity contribution >= 4 is 28.4 Å². The molecular weight excluding hydrogens is 339 g/mol. The number of benzene rings is 1. The highest BCUT2D eigenvalue weighted by atomic mass is 35.5. The van der Waals surface area contributed by atoms with Gasteiger partial charge in [-0.2, -0.15) is 0 Å². The fourth-order valence-corrected chi connectivity index (χ4v) is 2.72. The maximum atomic E-state index is 6.28. The molecule has 24 heavy (non-hydrogen) atoms. The molecule has 2 rings (SSSR count). The predicted octanol–water partition coefficient (Wildman–Crippen LogP) is 6.36. The van der Waals surface area contributed by atoms with Gasteiger partial charge < -0.3 is 4.90 Å². The molecule has 1 heterocycles. The maximum absolute atomic E-state index is 6.28. The summed E-state index contributed by atoms with van der Waals surface area (Å²) >= 11 is 12.5. The molecule has 0 saturated carbocycles. The Morgan fingerprint density at radius 1 is 1.29 bits per heavy atom. The van der Waals surface area contributed by atoms with Crippen molar-refractivity contribution < 1.29 is 0 Å². The molecule has 2 nitrogen and oxygen atoms in total. The van der Waals surface area contributed by atoms with Crippen molar-refractivity contribution in [3.63, 3.8) is 0 Å². The number of aliphatic imine (C=N–C) groups is 1. The third-order valence-corrected chi connectivity index (χ3v) is 4.35. The van der Waals surface area contributed by atoms with Gasteiger partial charge >= 0.3 is 0 Å². The number of hydrogen-bond acceptors (Lipinski definition) is 2. The second-order valence-electron chi connectivity index (χ2n) is 5.60. The monoisotopic (exact) mass is 360 g/mol. The van der Waals surface area contributed by atoms with Crippen LogP contribution in [0.15, 0.2) is 82.3 Å². The van der Waals surface area contributed by atoms with E-state index in [1.807, 2.05) is 43.4 Å². The van der Waals surface area contributed by atoms with Crippen LogP contribution in [0, 0.1) is 0 Å². The van der Waals surface area contributed by atoms with Crippen molar-refractivity contribution in [3.8, 4) is 0 Å². The van der Waals surface area contributed by atoms with Gasteiger partial charge in [0.15, 0.2) is 5.17 Å². The lowest BCUT2D eigenvalue weighted by Gasteiger charge is -2.30. The molecule has 0 N–H and O–H groups in total. The van der Waals surface area contributed by atoms with Crippen molar-refractivity contribution in [1.29, 1.82) is 0 Å². The van der Waals surface area contributed by atoms with Crippen LogP contribution in [0.5, 0.6) is 0 Å². The molecule has 0 radical (unpaired) electrons. The Hall–Kier alpha value is -1.77. The lowest BCUT2D eigenvalue weighted by Crippen LogP contribution is -2.27. The van der Waals surface area contributed by atoms with Crippen LogP contribution in [0.2, 0.25) is 0 Å². The summed E-state index contributed by atoms with van der Waals surface area (Å²) in [5, 5.41) is 1.12. The highest BCUT2D eigenvalue weighted by molar-refractivity contribution is 6.69. The van der Waals surface area contributed by atoms with E-state index in [0.717, 1.165) is 24.2 Å². The van der Waals surface area contributed by atoms with Gasteiger partial charge in [-0.05, 0) is 31.1 Å². The van der Waals surface area contributed by atoms with Gasteiger partial charge in [0.1, 0.15) is 0 Å². The van der Waals surface area contributed by atoms with Crippen molar-refractivity contribution in [3.05, 3.63) is 82.8 Å². The molecule has 1 aromatic carbocycles. The zero-order valence-electron chi connectivity index (χ0n) is 14.1. The fraction of sp³-hybridized carbons (Fsp3) is 0.250. The quantitative estimate of drug-likeness (QED) is 0.538. The first kappa shape index (κ1) is 18.6. The summed E-state index contributed by atoms with van der Waals surface area (Å²) in [6.07, 6.45) is 7.79. The summed E-state index contributed by atoms with van der Waals surface area (Å²) in [4.78, 5) is 6.51. The van der Waals surface area contributed by atoms with Gasteiger partial charge in [0.25, 0.3) is 0 Å². The largest absolute Gasteiger partial charge is 0.337 e. The Bertz CT molecular complexity index is 712. The molecular formula is C20H22Cl2N2. The zero-order chi connectivity index (χ0) is 17.5. The highest BCUT2D eigenvalue weighted by Gasteiger charge is 2.21. The first-order valence-electron chi connectivity index (χ1n) is 8.02.